The van der Waals surface area contributed by atoms with Crippen molar-refractivity contribution in [2.45, 2.75) is 13.0 Å². The monoisotopic (exact) mass is 190 g/mol. The summed E-state index contributed by atoms with van der Waals surface area (Å²) in [5, 5.41) is 0. The molecule has 0 unspecified atom stereocenters. The molecule has 2 N–H and O–H groups in total. The Morgan fingerprint density at radius 3 is 1.92 bits per heavy atom. The van der Waals surface area contributed by atoms with Gasteiger partial charge in [0.25, 0.3) is 0 Å². The Labute approximate surface area is 81.0 Å². The summed E-state index contributed by atoms with van der Waals surface area (Å²) in [6, 6.07) is 0.394. The van der Waals surface area contributed by atoms with Gasteiger partial charge >= 0.3 is 0 Å². The number of rotatable bonds is 8. The molecule has 0 aromatic rings. The number of nitrogens with zero attached hydrogens (tertiary/aromatic N) is 1. The molecule has 0 spiro atoms. The van der Waals surface area contributed by atoms with Crippen LogP contribution in [0.4, 0.5) is 0 Å². The lowest BCUT2D eigenvalue weighted by Gasteiger charge is -2.27. The van der Waals surface area contributed by atoms with E-state index in [2.05, 4.69) is 11.8 Å². The van der Waals surface area contributed by atoms with Crippen LogP contribution in [-0.2, 0) is 9.47 Å². The number of hydrogen-bond acceptors (Lipinski definition) is 4. The maximum absolute atomic E-state index is 5.59. The van der Waals surface area contributed by atoms with Gasteiger partial charge in [0.1, 0.15) is 0 Å². The third-order valence-electron chi connectivity index (χ3n) is 2.13. The fraction of sp³-hybridized carbons (Fsp3) is 1.00. The molecule has 0 aliphatic heterocycles. The van der Waals surface area contributed by atoms with Crippen molar-refractivity contribution < 1.29 is 9.47 Å². The Bertz CT molecular complexity index is 104. The minimum atomic E-state index is 0.394. The minimum Gasteiger partial charge on any atom is -0.383 e. The second-order valence-corrected chi connectivity index (χ2v) is 3.11. The van der Waals surface area contributed by atoms with Crippen molar-refractivity contribution in [1.82, 2.24) is 4.90 Å². The molecule has 4 nitrogen and oxygen atoms in total. The van der Waals surface area contributed by atoms with E-state index >= 15 is 0 Å². The first-order valence-electron chi connectivity index (χ1n) is 4.68. The van der Waals surface area contributed by atoms with E-state index in [0.717, 1.165) is 26.3 Å². The average Bonchev–Trinajstić information content (AvgIpc) is 2.17. The Morgan fingerprint density at radius 1 is 1.15 bits per heavy atom. The second-order valence-electron chi connectivity index (χ2n) is 3.11. The molecule has 0 aromatic carbocycles. The topological polar surface area (TPSA) is 47.7 Å². The predicted octanol–water partition coefficient (Wildman–Crippen LogP) is -0.0716. The van der Waals surface area contributed by atoms with E-state index in [1.165, 1.54) is 0 Å². The highest BCUT2D eigenvalue weighted by molar-refractivity contribution is 4.67. The van der Waals surface area contributed by atoms with E-state index in [0.29, 0.717) is 12.6 Å². The highest BCUT2D eigenvalue weighted by atomic mass is 16.5. The van der Waals surface area contributed by atoms with Gasteiger partial charge in [-0.1, -0.05) is 0 Å². The highest BCUT2D eigenvalue weighted by Crippen LogP contribution is 1.96. The van der Waals surface area contributed by atoms with Crippen LogP contribution in [-0.4, -0.2) is 58.0 Å². The van der Waals surface area contributed by atoms with Crippen LogP contribution < -0.4 is 5.73 Å². The third kappa shape index (κ3) is 5.99. The van der Waals surface area contributed by atoms with Gasteiger partial charge in [0.2, 0.25) is 0 Å². The fourth-order valence-electron chi connectivity index (χ4n) is 1.12. The van der Waals surface area contributed by atoms with Gasteiger partial charge in [-0.2, -0.15) is 0 Å². The van der Waals surface area contributed by atoms with Crippen molar-refractivity contribution in [2.24, 2.45) is 5.73 Å². The molecule has 0 aliphatic carbocycles. The van der Waals surface area contributed by atoms with Gasteiger partial charge in [0, 0.05) is 39.9 Å². The third-order valence-corrected chi connectivity index (χ3v) is 2.13. The van der Waals surface area contributed by atoms with E-state index in [4.69, 9.17) is 15.2 Å². The lowest BCUT2D eigenvalue weighted by atomic mass is 10.3. The smallest absolute Gasteiger partial charge is 0.0589 e. The summed E-state index contributed by atoms with van der Waals surface area (Å²) in [6.07, 6.45) is 0. The minimum absolute atomic E-state index is 0.394. The number of ether oxygens (including phenoxy) is 2. The first-order chi connectivity index (χ1) is 6.26. The van der Waals surface area contributed by atoms with Gasteiger partial charge < -0.3 is 15.2 Å². The standard InChI is InChI=1S/C9H22N2O2/c1-9(8-10)11(4-6-12-2)5-7-13-3/h9H,4-8,10H2,1-3H3/t9-/m0/s1. The second kappa shape index (κ2) is 8.44. The van der Waals surface area contributed by atoms with Crippen LogP contribution in [0.15, 0.2) is 0 Å². The Balaban J connectivity index is 3.72. The number of methoxy groups -OCH3 is 2. The SMILES string of the molecule is COCCN(CCOC)[C@@H](C)CN. The quantitative estimate of drug-likeness (QED) is 0.582. The molecule has 4 heteroatoms. The summed E-state index contributed by atoms with van der Waals surface area (Å²) in [7, 11) is 3.42. The first kappa shape index (κ1) is 12.8. The van der Waals surface area contributed by atoms with Crippen molar-refractivity contribution in [3.63, 3.8) is 0 Å². The lowest BCUT2D eigenvalue weighted by molar-refractivity contribution is 0.0941. The Kier molecular flexibility index (Phi) is 8.33. The van der Waals surface area contributed by atoms with Crippen LogP contribution in [0.25, 0.3) is 0 Å². The Hall–Kier alpha value is -0.160. The molecule has 0 heterocycles. The van der Waals surface area contributed by atoms with Crippen LogP contribution in [0.5, 0.6) is 0 Å². The van der Waals surface area contributed by atoms with Crippen LogP contribution in [0.3, 0.4) is 0 Å². The summed E-state index contributed by atoms with van der Waals surface area (Å²) < 4.78 is 10.0. The van der Waals surface area contributed by atoms with Crippen molar-refractivity contribution in [2.75, 3.05) is 47.1 Å². The molecule has 0 fully saturated rings. The summed E-state index contributed by atoms with van der Waals surface area (Å²) in [5.41, 5.74) is 5.59. The molecule has 80 valence electrons. The van der Waals surface area contributed by atoms with Crippen LogP contribution in [0, 0.1) is 0 Å². The zero-order valence-electron chi connectivity index (χ0n) is 8.95. The summed E-state index contributed by atoms with van der Waals surface area (Å²) in [6.45, 7) is 6.11. The predicted molar refractivity (Wildman–Crippen MR) is 53.8 cm³/mol. The summed E-state index contributed by atoms with van der Waals surface area (Å²) >= 11 is 0. The van der Waals surface area contributed by atoms with Crippen LogP contribution in [0.2, 0.25) is 0 Å². The van der Waals surface area contributed by atoms with Gasteiger partial charge in [-0.15, -0.1) is 0 Å². The number of hydrogen-bond donors (Lipinski definition) is 1. The largest absolute Gasteiger partial charge is 0.383 e. The van der Waals surface area contributed by atoms with Gasteiger partial charge in [0.15, 0.2) is 0 Å². The Morgan fingerprint density at radius 2 is 1.62 bits per heavy atom. The molecule has 0 radical (unpaired) electrons. The fourth-order valence-corrected chi connectivity index (χ4v) is 1.12. The molecular formula is C9H22N2O2. The van der Waals surface area contributed by atoms with E-state index in [-0.39, 0.29) is 0 Å². The van der Waals surface area contributed by atoms with Gasteiger partial charge in [-0.3, -0.25) is 4.90 Å². The zero-order valence-corrected chi connectivity index (χ0v) is 8.95. The summed E-state index contributed by atoms with van der Waals surface area (Å²) in [5.74, 6) is 0. The van der Waals surface area contributed by atoms with Crippen molar-refractivity contribution in [1.29, 1.82) is 0 Å². The van der Waals surface area contributed by atoms with Crippen LogP contribution >= 0.6 is 0 Å². The van der Waals surface area contributed by atoms with Crippen molar-refractivity contribution in [3.05, 3.63) is 0 Å². The molecule has 0 saturated carbocycles. The van der Waals surface area contributed by atoms with E-state index in [1.807, 2.05) is 0 Å². The zero-order chi connectivity index (χ0) is 10.1. The van der Waals surface area contributed by atoms with Gasteiger partial charge in [0.05, 0.1) is 13.2 Å². The van der Waals surface area contributed by atoms with E-state index in [1.54, 1.807) is 14.2 Å². The molecule has 0 amide bonds. The van der Waals surface area contributed by atoms with Gasteiger partial charge in [-0.25, -0.2) is 0 Å². The maximum atomic E-state index is 5.59. The van der Waals surface area contributed by atoms with Crippen molar-refractivity contribution in [3.8, 4) is 0 Å². The molecule has 0 bridgehead atoms. The molecule has 0 saturated heterocycles. The van der Waals surface area contributed by atoms with E-state index in [9.17, 15) is 0 Å². The molecule has 0 aromatic heterocycles. The summed E-state index contributed by atoms with van der Waals surface area (Å²) in [4.78, 5) is 2.27. The normalized spacial score (nSPS) is 13.6. The number of nitrogens with two attached hydrogens (primary N) is 1. The van der Waals surface area contributed by atoms with Crippen LogP contribution in [0.1, 0.15) is 6.92 Å². The molecule has 1 atom stereocenters. The van der Waals surface area contributed by atoms with Gasteiger partial charge in [-0.05, 0) is 6.92 Å². The lowest BCUT2D eigenvalue weighted by Crippen LogP contribution is -2.42. The molecule has 0 rings (SSSR count). The molecule has 0 aliphatic rings. The van der Waals surface area contributed by atoms with E-state index < -0.39 is 0 Å². The maximum Gasteiger partial charge on any atom is 0.0589 e. The highest BCUT2D eigenvalue weighted by Gasteiger charge is 2.10. The first-order valence-corrected chi connectivity index (χ1v) is 4.68. The molecule has 13 heavy (non-hydrogen) atoms. The van der Waals surface area contributed by atoms with Crippen molar-refractivity contribution >= 4 is 0 Å². The molecular weight excluding hydrogens is 168 g/mol. The average molecular weight is 190 g/mol.